The summed E-state index contributed by atoms with van der Waals surface area (Å²) >= 11 is 0. The molecule has 0 saturated heterocycles. The molecule has 122 valence electrons. The van der Waals surface area contributed by atoms with Crippen molar-refractivity contribution in [1.82, 2.24) is 9.78 Å². The average molecular weight is 320 g/mol. The zero-order valence-electron chi connectivity index (χ0n) is 14.1. The number of ether oxygens (including phenoxy) is 1. The van der Waals surface area contributed by atoms with E-state index in [0.29, 0.717) is 5.75 Å². The van der Waals surface area contributed by atoms with Gasteiger partial charge in [-0.15, -0.1) is 0 Å². The van der Waals surface area contributed by atoms with Crippen molar-refractivity contribution in [2.45, 2.75) is 20.8 Å². The summed E-state index contributed by atoms with van der Waals surface area (Å²) in [6, 6.07) is 17.9. The quantitative estimate of drug-likeness (QED) is 0.724. The normalized spacial score (nSPS) is 10.6. The number of nitrogens with zero attached hydrogens (tertiary/aromatic N) is 2. The minimum absolute atomic E-state index is 0.0356. The Morgan fingerprint density at radius 2 is 1.58 bits per heavy atom. The van der Waals surface area contributed by atoms with Crippen LogP contribution in [-0.2, 0) is 0 Å². The number of carbonyl (C=O) groups excluding carboxylic acids is 1. The van der Waals surface area contributed by atoms with Crippen LogP contribution in [-0.4, -0.2) is 22.3 Å². The highest BCUT2D eigenvalue weighted by Crippen LogP contribution is 2.22. The molecular formula is C20H20N2O2. The summed E-state index contributed by atoms with van der Waals surface area (Å²) < 4.78 is 7.03. The molecule has 24 heavy (non-hydrogen) atoms. The molecule has 4 nitrogen and oxygen atoms in total. The maximum atomic E-state index is 12.3. The van der Waals surface area contributed by atoms with Gasteiger partial charge in [-0.3, -0.25) is 4.79 Å². The Morgan fingerprint density at radius 1 is 0.958 bits per heavy atom. The predicted molar refractivity (Wildman–Crippen MR) is 94.4 cm³/mol. The molecule has 0 fully saturated rings. The van der Waals surface area contributed by atoms with Gasteiger partial charge in [0.1, 0.15) is 5.75 Å². The number of aromatic nitrogens is 2. The van der Waals surface area contributed by atoms with Gasteiger partial charge in [-0.25, -0.2) is 4.68 Å². The third-order valence-electron chi connectivity index (χ3n) is 4.21. The van der Waals surface area contributed by atoms with E-state index >= 15 is 0 Å². The maximum absolute atomic E-state index is 12.3. The van der Waals surface area contributed by atoms with E-state index in [1.165, 1.54) is 4.68 Å². The van der Waals surface area contributed by atoms with Crippen molar-refractivity contribution in [3.63, 3.8) is 0 Å². The fourth-order valence-electron chi connectivity index (χ4n) is 2.54. The van der Waals surface area contributed by atoms with E-state index in [1.807, 2.05) is 63.2 Å². The van der Waals surface area contributed by atoms with Crippen LogP contribution in [0.2, 0.25) is 0 Å². The fraction of sp³-hybridized carbons (Fsp3) is 0.200. The molecule has 3 rings (SSSR count). The van der Waals surface area contributed by atoms with Gasteiger partial charge in [0.05, 0.1) is 5.69 Å². The Morgan fingerprint density at radius 3 is 2.17 bits per heavy atom. The van der Waals surface area contributed by atoms with E-state index < -0.39 is 0 Å². The van der Waals surface area contributed by atoms with Crippen LogP contribution in [0, 0.1) is 20.8 Å². The van der Waals surface area contributed by atoms with E-state index in [1.54, 1.807) is 0 Å². The molecule has 0 saturated carbocycles. The second kappa shape index (κ2) is 6.71. The highest BCUT2D eigenvalue weighted by atomic mass is 16.5. The molecule has 0 radical (unpaired) electrons. The van der Waals surface area contributed by atoms with E-state index in [2.05, 4.69) is 17.2 Å². The molecular weight excluding hydrogens is 300 g/mol. The van der Waals surface area contributed by atoms with Gasteiger partial charge in [0.2, 0.25) is 0 Å². The number of hydrogen-bond donors (Lipinski definition) is 0. The Labute approximate surface area is 141 Å². The third-order valence-corrected chi connectivity index (χ3v) is 4.21. The highest BCUT2D eigenvalue weighted by Gasteiger charge is 2.14. The van der Waals surface area contributed by atoms with Crippen molar-refractivity contribution in [2.75, 3.05) is 6.61 Å². The van der Waals surface area contributed by atoms with Gasteiger partial charge in [0.15, 0.2) is 6.61 Å². The molecule has 1 heterocycles. The molecule has 0 spiro atoms. The van der Waals surface area contributed by atoms with Crippen LogP contribution in [0.15, 0.2) is 54.6 Å². The Kier molecular flexibility index (Phi) is 4.47. The predicted octanol–water partition coefficient (Wildman–Crippen LogP) is 4.19. The lowest BCUT2D eigenvalue weighted by Gasteiger charge is -2.08. The summed E-state index contributed by atoms with van der Waals surface area (Å²) in [6.07, 6.45) is 0. The maximum Gasteiger partial charge on any atom is 0.284 e. The van der Waals surface area contributed by atoms with Crippen LogP contribution >= 0.6 is 0 Å². The molecule has 0 unspecified atom stereocenters. The lowest BCUT2D eigenvalue weighted by molar-refractivity contribution is 0.0818. The smallest absolute Gasteiger partial charge is 0.284 e. The summed E-state index contributed by atoms with van der Waals surface area (Å²) in [5, 5.41) is 4.26. The molecule has 0 atom stereocenters. The van der Waals surface area contributed by atoms with Crippen LogP contribution in [0.25, 0.3) is 11.1 Å². The van der Waals surface area contributed by atoms with E-state index in [0.717, 1.165) is 28.1 Å². The van der Waals surface area contributed by atoms with E-state index in [9.17, 15) is 4.79 Å². The van der Waals surface area contributed by atoms with Gasteiger partial charge in [-0.2, -0.15) is 5.10 Å². The topological polar surface area (TPSA) is 44.1 Å². The Hall–Kier alpha value is -2.88. The second-order valence-electron chi connectivity index (χ2n) is 5.78. The lowest BCUT2D eigenvalue weighted by atomic mass is 10.1. The van der Waals surface area contributed by atoms with Crippen LogP contribution in [0.5, 0.6) is 5.75 Å². The number of rotatable bonds is 4. The van der Waals surface area contributed by atoms with Gasteiger partial charge in [-0.1, -0.05) is 42.5 Å². The van der Waals surface area contributed by atoms with Crippen molar-refractivity contribution < 1.29 is 9.53 Å². The van der Waals surface area contributed by atoms with Crippen LogP contribution < -0.4 is 4.74 Å². The summed E-state index contributed by atoms with van der Waals surface area (Å²) in [6.45, 7) is 5.72. The molecule has 1 aromatic heterocycles. The van der Waals surface area contributed by atoms with Gasteiger partial charge < -0.3 is 4.74 Å². The summed E-state index contributed by atoms with van der Waals surface area (Å²) in [5.74, 6) is 0.497. The standard InChI is InChI=1S/C20H20N2O2/c1-14-15(2)21-22(16(14)3)20(23)13-24-19-11-9-18(10-12-19)17-7-5-4-6-8-17/h4-12H,13H2,1-3H3. The largest absolute Gasteiger partial charge is 0.484 e. The first kappa shape index (κ1) is 16.0. The average Bonchev–Trinajstić information content (AvgIpc) is 2.88. The van der Waals surface area contributed by atoms with Crippen LogP contribution in [0.4, 0.5) is 0 Å². The summed E-state index contributed by atoms with van der Waals surface area (Å²) in [4.78, 5) is 12.3. The Balaban J connectivity index is 1.66. The molecule has 2 aromatic carbocycles. The SMILES string of the molecule is Cc1nn(C(=O)COc2ccc(-c3ccccc3)cc2)c(C)c1C. The second-order valence-corrected chi connectivity index (χ2v) is 5.78. The monoisotopic (exact) mass is 320 g/mol. The zero-order chi connectivity index (χ0) is 17.1. The minimum atomic E-state index is -0.171. The molecule has 0 bridgehead atoms. The summed E-state index contributed by atoms with van der Waals surface area (Å²) in [5.41, 5.74) is 5.03. The minimum Gasteiger partial charge on any atom is -0.484 e. The first-order chi connectivity index (χ1) is 11.6. The van der Waals surface area contributed by atoms with E-state index in [4.69, 9.17) is 4.74 Å². The van der Waals surface area contributed by atoms with Crippen molar-refractivity contribution in [3.8, 4) is 16.9 Å². The zero-order valence-corrected chi connectivity index (χ0v) is 14.1. The van der Waals surface area contributed by atoms with Crippen LogP contribution in [0.3, 0.4) is 0 Å². The van der Waals surface area contributed by atoms with Crippen molar-refractivity contribution >= 4 is 5.91 Å². The van der Waals surface area contributed by atoms with E-state index in [-0.39, 0.29) is 12.5 Å². The first-order valence-electron chi connectivity index (χ1n) is 7.90. The van der Waals surface area contributed by atoms with Crippen molar-refractivity contribution in [3.05, 3.63) is 71.5 Å². The molecule has 0 N–H and O–H groups in total. The van der Waals surface area contributed by atoms with Crippen molar-refractivity contribution in [1.29, 1.82) is 0 Å². The summed E-state index contributed by atoms with van der Waals surface area (Å²) in [7, 11) is 0. The molecule has 0 amide bonds. The van der Waals surface area contributed by atoms with Crippen LogP contribution in [0.1, 0.15) is 21.7 Å². The molecule has 3 aromatic rings. The van der Waals surface area contributed by atoms with Gasteiger partial charge in [0.25, 0.3) is 5.91 Å². The third kappa shape index (κ3) is 3.23. The lowest BCUT2D eigenvalue weighted by Crippen LogP contribution is -2.21. The molecule has 4 heteroatoms. The van der Waals surface area contributed by atoms with Gasteiger partial charge in [-0.05, 0) is 49.6 Å². The fourth-order valence-corrected chi connectivity index (χ4v) is 2.54. The number of aryl methyl sites for hydroxylation is 1. The van der Waals surface area contributed by atoms with Crippen molar-refractivity contribution in [2.24, 2.45) is 0 Å². The highest BCUT2D eigenvalue weighted by molar-refractivity contribution is 5.80. The molecule has 0 aliphatic rings. The van der Waals surface area contributed by atoms with Gasteiger partial charge in [0, 0.05) is 5.69 Å². The first-order valence-corrected chi connectivity index (χ1v) is 7.90. The van der Waals surface area contributed by atoms with Gasteiger partial charge >= 0.3 is 0 Å². The Bertz CT molecular complexity index is 849. The number of hydrogen-bond acceptors (Lipinski definition) is 3. The molecule has 0 aliphatic heterocycles. The number of benzene rings is 2. The number of carbonyl (C=O) groups is 1. The molecule has 0 aliphatic carbocycles.